The number of hydrogen-bond donors (Lipinski definition) is 1. The molecular weight excluding hydrogens is 284 g/mol. The fraction of sp³-hybridized carbons (Fsp3) is 0.333. The molecule has 7 heteroatoms. The van der Waals surface area contributed by atoms with Crippen molar-refractivity contribution in [1.29, 1.82) is 0 Å². The number of rotatable bonds is 3. The minimum absolute atomic E-state index is 0.0348. The van der Waals surface area contributed by atoms with E-state index in [1.165, 1.54) is 0 Å². The molecule has 0 bridgehead atoms. The first kappa shape index (κ1) is 14.2. The van der Waals surface area contributed by atoms with Crippen molar-refractivity contribution >= 4 is 11.9 Å². The molecule has 22 heavy (non-hydrogen) atoms. The van der Waals surface area contributed by atoms with Crippen molar-refractivity contribution < 1.29 is 14.1 Å². The number of hydrogen-bond acceptors (Lipinski definition) is 5. The normalized spacial score (nSPS) is 21.3. The Bertz CT molecular complexity index is 738. The Hall–Kier alpha value is -2.70. The van der Waals surface area contributed by atoms with E-state index >= 15 is 0 Å². The predicted octanol–water partition coefficient (Wildman–Crippen LogP) is 1.65. The highest BCUT2D eigenvalue weighted by molar-refractivity contribution is 6.07. The number of imide groups is 1. The van der Waals surface area contributed by atoms with Gasteiger partial charge in [0.15, 0.2) is 5.82 Å². The van der Waals surface area contributed by atoms with Crippen LogP contribution in [0.4, 0.5) is 4.79 Å². The van der Waals surface area contributed by atoms with E-state index in [2.05, 4.69) is 15.5 Å². The molecule has 0 aliphatic carbocycles. The first-order valence-electron chi connectivity index (χ1n) is 6.90. The van der Waals surface area contributed by atoms with Crippen LogP contribution < -0.4 is 5.32 Å². The molecule has 3 amide bonds. The Kier molecular flexibility index (Phi) is 3.20. The molecule has 0 saturated carbocycles. The molecule has 1 fully saturated rings. The summed E-state index contributed by atoms with van der Waals surface area (Å²) in [7, 11) is 0. The van der Waals surface area contributed by atoms with Gasteiger partial charge in [-0.3, -0.25) is 9.69 Å². The van der Waals surface area contributed by atoms with Gasteiger partial charge in [-0.15, -0.1) is 0 Å². The van der Waals surface area contributed by atoms with Crippen LogP contribution in [-0.4, -0.2) is 27.0 Å². The van der Waals surface area contributed by atoms with Crippen LogP contribution in [0.2, 0.25) is 0 Å². The van der Waals surface area contributed by atoms with Gasteiger partial charge in [0.1, 0.15) is 12.1 Å². The molecule has 1 aliphatic rings. The molecule has 2 heterocycles. The lowest BCUT2D eigenvalue weighted by atomic mass is 9.91. The standard InChI is InChI=1S/C15H16N4O3/c1-9-4-6-11(7-5-9)15(3)13(20)19(14(21)17-15)8-12-16-10(2)18-22-12/h4-7H,8H2,1-3H3,(H,17,21). The van der Waals surface area contributed by atoms with Crippen molar-refractivity contribution in [2.24, 2.45) is 0 Å². The number of nitrogens with one attached hydrogen (secondary N) is 1. The van der Waals surface area contributed by atoms with Gasteiger partial charge in [0.25, 0.3) is 5.91 Å². The van der Waals surface area contributed by atoms with Gasteiger partial charge in [-0.2, -0.15) is 4.98 Å². The quantitative estimate of drug-likeness (QED) is 0.871. The molecule has 1 unspecified atom stereocenters. The second kappa shape index (κ2) is 4.94. The number of carbonyl (C=O) groups excluding carboxylic acids is 2. The zero-order valence-corrected chi connectivity index (χ0v) is 12.6. The summed E-state index contributed by atoms with van der Waals surface area (Å²) in [5.41, 5.74) is 0.739. The van der Waals surface area contributed by atoms with Crippen LogP contribution >= 0.6 is 0 Å². The molecule has 114 valence electrons. The van der Waals surface area contributed by atoms with Crippen molar-refractivity contribution in [3.05, 3.63) is 47.1 Å². The third-order valence-electron chi connectivity index (χ3n) is 3.77. The van der Waals surface area contributed by atoms with E-state index in [0.717, 1.165) is 16.0 Å². The molecule has 0 radical (unpaired) electrons. The van der Waals surface area contributed by atoms with E-state index in [1.54, 1.807) is 13.8 Å². The van der Waals surface area contributed by atoms with Crippen LogP contribution in [-0.2, 0) is 16.9 Å². The average Bonchev–Trinajstić information content (AvgIpc) is 2.97. The van der Waals surface area contributed by atoms with Gasteiger partial charge in [-0.05, 0) is 26.3 Å². The summed E-state index contributed by atoms with van der Waals surface area (Å²) in [6, 6.07) is 7.03. The summed E-state index contributed by atoms with van der Waals surface area (Å²) >= 11 is 0. The lowest BCUT2D eigenvalue weighted by Gasteiger charge is -2.22. The van der Waals surface area contributed by atoms with E-state index < -0.39 is 11.6 Å². The maximum atomic E-state index is 12.7. The first-order valence-corrected chi connectivity index (χ1v) is 6.90. The zero-order chi connectivity index (χ0) is 15.9. The Labute approximate surface area is 127 Å². The maximum absolute atomic E-state index is 12.7. The topological polar surface area (TPSA) is 88.3 Å². The number of urea groups is 1. The predicted molar refractivity (Wildman–Crippen MR) is 76.6 cm³/mol. The summed E-state index contributed by atoms with van der Waals surface area (Å²) in [6.07, 6.45) is 0. The minimum atomic E-state index is -1.08. The minimum Gasteiger partial charge on any atom is -0.337 e. The van der Waals surface area contributed by atoms with Crippen LogP contribution in [0.15, 0.2) is 28.8 Å². The van der Waals surface area contributed by atoms with Gasteiger partial charge in [-0.25, -0.2) is 4.79 Å². The van der Waals surface area contributed by atoms with E-state index in [0.29, 0.717) is 5.82 Å². The molecular formula is C15H16N4O3. The van der Waals surface area contributed by atoms with Crippen LogP contribution in [0.1, 0.15) is 29.8 Å². The summed E-state index contributed by atoms with van der Waals surface area (Å²) in [5.74, 6) is 0.356. The second-order valence-corrected chi connectivity index (χ2v) is 5.55. The van der Waals surface area contributed by atoms with Crippen molar-refractivity contribution in [2.75, 3.05) is 0 Å². The number of amides is 3. The molecule has 0 spiro atoms. The highest BCUT2D eigenvalue weighted by Gasteiger charge is 2.49. The SMILES string of the molecule is Cc1ccc(C2(C)NC(=O)N(Cc3nc(C)no3)C2=O)cc1. The number of aromatic nitrogens is 2. The number of benzene rings is 1. The van der Waals surface area contributed by atoms with E-state index in [-0.39, 0.29) is 18.3 Å². The van der Waals surface area contributed by atoms with Crippen molar-refractivity contribution in [3.63, 3.8) is 0 Å². The Morgan fingerprint density at radius 3 is 2.50 bits per heavy atom. The lowest BCUT2D eigenvalue weighted by Crippen LogP contribution is -2.40. The third-order valence-corrected chi connectivity index (χ3v) is 3.77. The van der Waals surface area contributed by atoms with Gasteiger partial charge < -0.3 is 9.84 Å². The number of carbonyl (C=O) groups is 2. The molecule has 1 atom stereocenters. The van der Waals surface area contributed by atoms with Gasteiger partial charge >= 0.3 is 6.03 Å². The molecule has 1 N–H and O–H groups in total. The highest BCUT2D eigenvalue weighted by Crippen LogP contribution is 2.29. The third kappa shape index (κ3) is 2.24. The van der Waals surface area contributed by atoms with E-state index in [1.807, 2.05) is 31.2 Å². The molecule has 3 rings (SSSR count). The van der Waals surface area contributed by atoms with Crippen molar-refractivity contribution in [2.45, 2.75) is 32.9 Å². The number of aryl methyl sites for hydroxylation is 2. The van der Waals surface area contributed by atoms with Crippen LogP contribution in [0.3, 0.4) is 0 Å². The monoisotopic (exact) mass is 300 g/mol. The van der Waals surface area contributed by atoms with Gasteiger partial charge in [0.05, 0.1) is 0 Å². The van der Waals surface area contributed by atoms with E-state index in [9.17, 15) is 9.59 Å². The first-order chi connectivity index (χ1) is 10.4. The molecule has 1 aromatic heterocycles. The summed E-state index contributed by atoms with van der Waals surface area (Å²) < 4.78 is 4.98. The molecule has 1 saturated heterocycles. The smallest absolute Gasteiger partial charge is 0.325 e. The van der Waals surface area contributed by atoms with Crippen LogP contribution in [0.5, 0.6) is 0 Å². The average molecular weight is 300 g/mol. The maximum Gasteiger partial charge on any atom is 0.325 e. The fourth-order valence-electron chi connectivity index (χ4n) is 2.46. The summed E-state index contributed by atoms with van der Waals surface area (Å²) in [5, 5.41) is 6.40. The van der Waals surface area contributed by atoms with Crippen molar-refractivity contribution in [1.82, 2.24) is 20.4 Å². The Morgan fingerprint density at radius 2 is 1.91 bits per heavy atom. The zero-order valence-electron chi connectivity index (χ0n) is 12.6. The molecule has 7 nitrogen and oxygen atoms in total. The Balaban J connectivity index is 1.88. The van der Waals surface area contributed by atoms with Crippen molar-refractivity contribution in [3.8, 4) is 0 Å². The Morgan fingerprint density at radius 1 is 1.23 bits per heavy atom. The fourth-order valence-corrected chi connectivity index (χ4v) is 2.46. The van der Waals surface area contributed by atoms with Crippen LogP contribution in [0.25, 0.3) is 0 Å². The molecule has 1 aliphatic heterocycles. The van der Waals surface area contributed by atoms with Gasteiger partial charge in [0.2, 0.25) is 5.89 Å². The van der Waals surface area contributed by atoms with Gasteiger partial charge in [0, 0.05) is 0 Å². The molecule has 1 aromatic carbocycles. The van der Waals surface area contributed by atoms with Crippen LogP contribution in [0, 0.1) is 13.8 Å². The number of nitrogens with zero attached hydrogens (tertiary/aromatic N) is 3. The summed E-state index contributed by atoms with van der Waals surface area (Å²) in [6.45, 7) is 5.30. The van der Waals surface area contributed by atoms with E-state index in [4.69, 9.17) is 4.52 Å². The second-order valence-electron chi connectivity index (χ2n) is 5.55. The molecule has 2 aromatic rings. The highest BCUT2D eigenvalue weighted by atomic mass is 16.5. The van der Waals surface area contributed by atoms with Gasteiger partial charge in [-0.1, -0.05) is 35.0 Å². The largest absolute Gasteiger partial charge is 0.337 e. The lowest BCUT2D eigenvalue weighted by molar-refractivity contribution is -0.131. The summed E-state index contributed by atoms with van der Waals surface area (Å²) in [4.78, 5) is 30.0.